The van der Waals surface area contributed by atoms with Crippen molar-refractivity contribution in [3.63, 3.8) is 0 Å². The smallest absolute Gasteiger partial charge is 0.191 e. The molecular formula is C12H12OS2. The lowest BCUT2D eigenvalue weighted by molar-refractivity contribution is 0.103. The summed E-state index contributed by atoms with van der Waals surface area (Å²) in [6, 6.07) is 7.88. The highest BCUT2D eigenvalue weighted by Gasteiger charge is 2.26. The second-order valence-corrected chi connectivity index (χ2v) is 5.23. The number of allylic oxidation sites excluding steroid dienone is 1. The summed E-state index contributed by atoms with van der Waals surface area (Å²) in [7, 11) is 0. The second-order valence-electron chi connectivity index (χ2n) is 3.34. The van der Waals surface area contributed by atoms with Crippen molar-refractivity contribution >= 4 is 29.3 Å². The average Bonchev–Trinajstić information content (AvgIpc) is 2.60. The van der Waals surface area contributed by atoms with Crippen molar-refractivity contribution in [3.8, 4) is 0 Å². The van der Waals surface area contributed by atoms with Gasteiger partial charge in [-0.25, -0.2) is 0 Å². The van der Waals surface area contributed by atoms with E-state index in [1.54, 1.807) is 23.5 Å². The minimum absolute atomic E-state index is 0.212. The van der Waals surface area contributed by atoms with Gasteiger partial charge >= 0.3 is 0 Å². The molecule has 1 aliphatic carbocycles. The van der Waals surface area contributed by atoms with Crippen LogP contribution >= 0.6 is 23.5 Å². The van der Waals surface area contributed by atoms with Crippen molar-refractivity contribution in [1.82, 2.24) is 0 Å². The van der Waals surface area contributed by atoms with Crippen LogP contribution in [0.15, 0.2) is 34.1 Å². The summed E-state index contributed by atoms with van der Waals surface area (Å²) in [6.07, 6.45) is 4.84. The summed E-state index contributed by atoms with van der Waals surface area (Å²) in [4.78, 5) is 12.1. The molecular weight excluding hydrogens is 224 g/mol. The van der Waals surface area contributed by atoms with E-state index in [1.165, 1.54) is 0 Å². The zero-order valence-corrected chi connectivity index (χ0v) is 10.4. The van der Waals surface area contributed by atoms with Crippen LogP contribution in [0.1, 0.15) is 15.9 Å². The first kappa shape index (κ1) is 10.8. The van der Waals surface area contributed by atoms with Gasteiger partial charge in [0.25, 0.3) is 0 Å². The van der Waals surface area contributed by atoms with Gasteiger partial charge in [0.15, 0.2) is 5.78 Å². The number of benzene rings is 1. The third kappa shape index (κ3) is 1.86. The molecule has 78 valence electrons. The number of hydrogen-bond acceptors (Lipinski definition) is 3. The van der Waals surface area contributed by atoms with Crippen molar-refractivity contribution in [2.24, 2.45) is 0 Å². The number of thioether (sulfide) groups is 2. The van der Waals surface area contributed by atoms with Crippen LogP contribution in [0.25, 0.3) is 0 Å². The number of Topliss-reactive ketones (excluding diaryl/α,β-unsaturated/α-hetero) is 1. The van der Waals surface area contributed by atoms with E-state index < -0.39 is 0 Å². The Morgan fingerprint density at radius 1 is 1.20 bits per heavy atom. The zero-order valence-electron chi connectivity index (χ0n) is 8.74. The Kier molecular flexibility index (Phi) is 3.22. The Labute approximate surface area is 98.3 Å². The van der Waals surface area contributed by atoms with E-state index in [0.717, 1.165) is 27.4 Å². The molecule has 1 nitrogen and oxygen atoms in total. The molecule has 0 amide bonds. The molecule has 3 heteroatoms. The molecule has 1 aliphatic rings. The van der Waals surface area contributed by atoms with Crippen LogP contribution in [-0.2, 0) is 6.42 Å². The van der Waals surface area contributed by atoms with Gasteiger partial charge in [0.05, 0.1) is 0 Å². The quantitative estimate of drug-likeness (QED) is 0.733. The highest BCUT2D eigenvalue weighted by molar-refractivity contribution is 8.21. The van der Waals surface area contributed by atoms with E-state index in [1.807, 2.05) is 36.8 Å². The summed E-state index contributed by atoms with van der Waals surface area (Å²) in [5, 5.41) is 0. The molecule has 0 fully saturated rings. The fraction of sp³-hybridized carbons (Fsp3) is 0.250. The maximum absolute atomic E-state index is 12.1. The number of fused-ring (bicyclic) bond motifs is 1. The van der Waals surface area contributed by atoms with Crippen LogP contribution in [0.3, 0.4) is 0 Å². The molecule has 15 heavy (non-hydrogen) atoms. The van der Waals surface area contributed by atoms with E-state index in [9.17, 15) is 4.79 Å². The molecule has 0 aliphatic heterocycles. The molecule has 1 aromatic rings. The summed E-state index contributed by atoms with van der Waals surface area (Å²) < 4.78 is 1.15. The van der Waals surface area contributed by atoms with Gasteiger partial charge in [-0.05, 0) is 18.1 Å². The summed E-state index contributed by atoms with van der Waals surface area (Å²) in [5.41, 5.74) is 3.02. The van der Waals surface area contributed by atoms with E-state index in [4.69, 9.17) is 0 Å². The third-order valence-electron chi connectivity index (χ3n) is 2.52. The lowest BCUT2D eigenvalue weighted by atomic mass is 10.1. The first-order valence-electron chi connectivity index (χ1n) is 4.71. The molecule has 0 N–H and O–H groups in total. The second kappa shape index (κ2) is 4.45. The van der Waals surface area contributed by atoms with Gasteiger partial charge < -0.3 is 0 Å². The standard InChI is InChI=1S/C12H12OS2/c1-14-12(15-2)10-7-8-5-3-4-6-9(8)11(10)13/h3-6H,7H2,1-2H3. The SMILES string of the molecule is CSC(SC)=C1Cc2ccccc2C1=O. The van der Waals surface area contributed by atoms with Crippen molar-refractivity contribution in [3.05, 3.63) is 45.2 Å². The Morgan fingerprint density at radius 3 is 2.47 bits per heavy atom. The third-order valence-corrected chi connectivity index (χ3v) is 4.75. The van der Waals surface area contributed by atoms with E-state index >= 15 is 0 Å². The Bertz CT molecular complexity index is 429. The first-order valence-corrected chi connectivity index (χ1v) is 7.16. The molecule has 1 aromatic carbocycles. The van der Waals surface area contributed by atoms with E-state index in [0.29, 0.717) is 0 Å². The number of rotatable bonds is 2. The van der Waals surface area contributed by atoms with Crippen LogP contribution < -0.4 is 0 Å². The Balaban J connectivity index is 2.47. The average molecular weight is 236 g/mol. The van der Waals surface area contributed by atoms with E-state index in [2.05, 4.69) is 0 Å². The molecule has 0 aromatic heterocycles. The number of hydrogen-bond donors (Lipinski definition) is 0. The topological polar surface area (TPSA) is 17.1 Å². The van der Waals surface area contributed by atoms with E-state index in [-0.39, 0.29) is 5.78 Å². The van der Waals surface area contributed by atoms with Gasteiger partial charge in [-0.2, -0.15) is 0 Å². The first-order chi connectivity index (χ1) is 7.27. The molecule has 0 saturated carbocycles. The highest BCUT2D eigenvalue weighted by atomic mass is 32.2. The molecule has 0 bridgehead atoms. The fourth-order valence-electron chi connectivity index (χ4n) is 1.82. The minimum atomic E-state index is 0.212. The molecule has 0 radical (unpaired) electrons. The lowest BCUT2D eigenvalue weighted by Gasteiger charge is -2.02. The molecule has 2 rings (SSSR count). The Hall–Kier alpha value is -0.670. The van der Waals surface area contributed by atoms with Gasteiger partial charge in [0.1, 0.15) is 0 Å². The van der Waals surface area contributed by atoms with Gasteiger partial charge in [-0.1, -0.05) is 24.3 Å². The van der Waals surface area contributed by atoms with Crippen molar-refractivity contribution in [1.29, 1.82) is 0 Å². The largest absolute Gasteiger partial charge is 0.289 e. The maximum atomic E-state index is 12.1. The van der Waals surface area contributed by atoms with Crippen LogP contribution in [0, 0.1) is 0 Å². The molecule has 0 saturated heterocycles. The van der Waals surface area contributed by atoms with Crippen LogP contribution in [0.5, 0.6) is 0 Å². The molecule has 0 unspecified atom stereocenters. The normalized spacial score (nSPS) is 14.3. The predicted molar refractivity (Wildman–Crippen MR) is 68.5 cm³/mol. The van der Waals surface area contributed by atoms with Crippen LogP contribution in [-0.4, -0.2) is 18.3 Å². The fourth-order valence-corrected chi connectivity index (χ4v) is 3.31. The van der Waals surface area contributed by atoms with Gasteiger partial charge in [0, 0.05) is 21.8 Å². The number of carbonyl (C=O) groups is 1. The summed E-state index contributed by atoms with van der Waals surface area (Å²) >= 11 is 3.33. The van der Waals surface area contributed by atoms with Crippen LogP contribution in [0.2, 0.25) is 0 Å². The molecule has 0 atom stereocenters. The van der Waals surface area contributed by atoms with Crippen molar-refractivity contribution in [2.45, 2.75) is 6.42 Å². The minimum Gasteiger partial charge on any atom is -0.289 e. The number of ketones is 1. The molecule has 0 heterocycles. The van der Waals surface area contributed by atoms with Crippen molar-refractivity contribution in [2.75, 3.05) is 12.5 Å². The Morgan fingerprint density at radius 2 is 1.87 bits per heavy atom. The molecule has 0 spiro atoms. The predicted octanol–water partition coefficient (Wildman–Crippen LogP) is 3.36. The monoisotopic (exact) mass is 236 g/mol. The summed E-state index contributed by atoms with van der Waals surface area (Å²) in [6.45, 7) is 0. The van der Waals surface area contributed by atoms with Gasteiger partial charge in [-0.3, -0.25) is 4.79 Å². The maximum Gasteiger partial charge on any atom is 0.191 e. The number of carbonyl (C=O) groups excluding carboxylic acids is 1. The van der Waals surface area contributed by atoms with Crippen molar-refractivity contribution < 1.29 is 4.79 Å². The zero-order chi connectivity index (χ0) is 10.8. The summed E-state index contributed by atoms with van der Waals surface area (Å²) in [5.74, 6) is 0.212. The highest BCUT2D eigenvalue weighted by Crippen LogP contribution is 2.35. The lowest BCUT2D eigenvalue weighted by Crippen LogP contribution is -1.96. The van der Waals surface area contributed by atoms with Gasteiger partial charge in [-0.15, -0.1) is 23.5 Å². The van der Waals surface area contributed by atoms with Gasteiger partial charge in [0.2, 0.25) is 0 Å². The van der Waals surface area contributed by atoms with Crippen LogP contribution in [0.4, 0.5) is 0 Å².